The lowest BCUT2D eigenvalue weighted by Crippen LogP contribution is -2.33. The molecule has 4 rings (SSSR count). The van der Waals surface area contributed by atoms with Gasteiger partial charge in [0.15, 0.2) is 0 Å². The smallest absolute Gasteiger partial charge is 0.253 e. The second kappa shape index (κ2) is 10.2. The van der Waals surface area contributed by atoms with Crippen LogP contribution >= 0.6 is 11.6 Å². The van der Waals surface area contributed by atoms with Gasteiger partial charge in [-0.05, 0) is 49.4 Å². The van der Waals surface area contributed by atoms with Gasteiger partial charge in [-0.2, -0.15) is 0 Å². The van der Waals surface area contributed by atoms with Crippen LogP contribution in [0, 0.1) is 0 Å². The van der Waals surface area contributed by atoms with Crippen LogP contribution in [0.25, 0.3) is 0 Å². The van der Waals surface area contributed by atoms with Crippen LogP contribution in [0.15, 0.2) is 48.5 Å². The fourth-order valence-corrected chi connectivity index (χ4v) is 4.32. The van der Waals surface area contributed by atoms with E-state index in [0.717, 1.165) is 56.6 Å². The molecule has 2 aliphatic heterocycles. The van der Waals surface area contributed by atoms with Crippen molar-refractivity contribution < 1.29 is 14.3 Å². The van der Waals surface area contributed by atoms with Crippen LogP contribution in [0.4, 0.5) is 11.4 Å². The van der Waals surface area contributed by atoms with Crippen LogP contribution in [0.1, 0.15) is 47.0 Å². The topological polar surface area (TPSA) is 70.7 Å². The molecule has 7 heteroatoms. The van der Waals surface area contributed by atoms with Gasteiger partial charge in [-0.3, -0.25) is 9.59 Å². The first-order valence-corrected chi connectivity index (χ1v) is 11.3. The Morgan fingerprint density at radius 2 is 1.87 bits per heavy atom. The molecule has 2 saturated heterocycles. The van der Waals surface area contributed by atoms with Gasteiger partial charge in [0.25, 0.3) is 5.91 Å². The molecule has 6 nitrogen and oxygen atoms in total. The van der Waals surface area contributed by atoms with E-state index in [9.17, 15) is 9.59 Å². The lowest BCUT2D eigenvalue weighted by atomic mass is 10.1. The van der Waals surface area contributed by atoms with Crippen LogP contribution in [0.2, 0.25) is 0 Å². The number of amides is 2. The quantitative estimate of drug-likeness (QED) is 0.634. The number of nitrogens with zero attached hydrogens (tertiary/aromatic N) is 1. The fourth-order valence-electron chi connectivity index (χ4n) is 4.12. The minimum atomic E-state index is -0.809. The van der Waals surface area contributed by atoms with Crippen molar-refractivity contribution in [2.24, 2.45) is 0 Å². The Labute approximate surface area is 187 Å². The third-order valence-electron chi connectivity index (χ3n) is 5.79. The second-order valence-corrected chi connectivity index (χ2v) is 8.47. The zero-order valence-corrected chi connectivity index (χ0v) is 18.2. The summed E-state index contributed by atoms with van der Waals surface area (Å²) in [4.78, 5) is 27.9. The van der Waals surface area contributed by atoms with E-state index in [1.807, 2.05) is 42.5 Å². The molecule has 2 aliphatic rings. The summed E-state index contributed by atoms with van der Waals surface area (Å²) in [6.45, 7) is 3.10. The molecule has 0 radical (unpaired) electrons. The van der Waals surface area contributed by atoms with Gasteiger partial charge in [-0.15, -0.1) is 11.6 Å². The molecular weight excluding hydrogens is 414 g/mol. The Kier molecular flexibility index (Phi) is 7.10. The molecule has 2 fully saturated rings. The molecule has 0 bridgehead atoms. The molecule has 31 heavy (non-hydrogen) atoms. The number of nitrogens with one attached hydrogen (secondary N) is 2. The van der Waals surface area contributed by atoms with Crippen LogP contribution in [-0.4, -0.2) is 44.2 Å². The highest BCUT2D eigenvalue weighted by Gasteiger charge is 2.23. The van der Waals surface area contributed by atoms with E-state index >= 15 is 0 Å². The van der Waals surface area contributed by atoms with Gasteiger partial charge in [0.1, 0.15) is 5.38 Å². The molecule has 2 aromatic rings. The van der Waals surface area contributed by atoms with Crippen LogP contribution in [0.3, 0.4) is 0 Å². The van der Waals surface area contributed by atoms with Gasteiger partial charge < -0.3 is 20.3 Å². The minimum Gasteiger partial charge on any atom is -0.376 e. The average Bonchev–Trinajstić information content (AvgIpc) is 3.52. The molecule has 164 valence electrons. The average molecular weight is 442 g/mol. The van der Waals surface area contributed by atoms with Crippen molar-refractivity contribution in [2.75, 3.05) is 36.5 Å². The molecule has 2 atom stereocenters. The molecular formula is C24H28ClN3O3. The summed E-state index contributed by atoms with van der Waals surface area (Å²) in [5, 5.41) is 5.05. The maximum absolute atomic E-state index is 13.0. The SMILES string of the molecule is O=C(NC[C@H]1CCCO1)c1cc(NC(=O)[C@H](Cl)c2ccccc2)ccc1N1CCCC1. The highest BCUT2D eigenvalue weighted by molar-refractivity contribution is 6.32. The third kappa shape index (κ3) is 5.38. The van der Waals surface area contributed by atoms with E-state index < -0.39 is 5.38 Å². The predicted octanol–water partition coefficient (Wildman–Crippen LogP) is 4.11. The van der Waals surface area contributed by atoms with Crippen molar-refractivity contribution in [1.82, 2.24) is 5.32 Å². The highest BCUT2D eigenvalue weighted by atomic mass is 35.5. The van der Waals surface area contributed by atoms with E-state index in [2.05, 4.69) is 15.5 Å². The van der Waals surface area contributed by atoms with Crippen LogP contribution < -0.4 is 15.5 Å². The summed E-state index contributed by atoms with van der Waals surface area (Å²) in [7, 11) is 0. The lowest BCUT2D eigenvalue weighted by molar-refractivity contribution is -0.116. The summed E-state index contributed by atoms with van der Waals surface area (Å²) in [6.07, 6.45) is 4.29. The Morgan fingerprint density at radius 3 is 2.58 bits per heavy atom. The van der Waals surface area contributed by atoms with E-state index in [1.54, 1.807) is 6.07 Å². The van der Waals surface area contributed by atoms with E-state index in [4.69, 9.17) is 16.3 Å². The van der Waals surface area contributed by atoms with Gasteiger partial charge in [0.05, 0.1) is 11.7 Å². The first-order chi connectivity index (χ1) is 15.1. The lowest BCUT2D eigenvalue weighted by Gasteiger charge is -2.22. The first kappa shape index (κ1) is 21.7. The molecule has 0 aromatic heterocycles. The summed E-state index contributed by atoms with van der Waals surface area (Å²) in [5.41, 5.74) is 2.73. The van der Waals surface area contributed by atoms with Crippen molar-refractivity contribution in [3.63, 3.8) is 0 Å². The summed E-state index contributed by atoms with van der Waals surface area (Å²) < 4.78 is 5.62. The summed E-state index contributed by atoms with van der Waals surface area (Å²) in [5.74, 6) is -0.480. The Morgan fingerprint density at radius 1 is 1.10 bits per heavy atom. The van der Waals surface area contributed by atoms with Crippen LogP contribution in [-0.2, 0) is 9.53 Å². The second-order valence-electron chi connectivity index (χ2n) is 8.03. The molecule has 0 unspecified atom stereocenters. The van der Waals surface area contributed by atoms with Gasteiger partial charge in [0, 0.05) is 37.6 Å². The molecule has 0 saturated carbocycles. The zero-order valence-electron chi connectivity index (χ0n) is 17.5. The number of halogens is 1. The molecule has 0 spiro atoms. The number of ether oxygens (including phenoxy) is 1. The number of carbonyl (C=O) groups excluding carboxylic acids is 2. The van der Waals surface area contributed by atoms with E-state index in [1.165, 1.54) is 0 Å². The fraction of sp³-hybridized carbons (Fsp3) is 0.417. The normalized spacial score (nSPS) is 19.3. The Hall–Kier alpha value is -2.57. The number of carbonyl (C=O) groups is 2. The van der Waals surface area contributed by atoms with E-state index in [-0.39, 0.29) is 17.9 Å². The van der Waals surface area contributed by atoms with Gasteiger partial charge in [0.2, 0.25) is 5.91 Å². The maximum atomic E-state index is 13.0. The van der Waals surface area contributed by atoms with E-state index in [0.29, 0.717) is 17.8 Å². The highest BCUT2D eigenvalue weighted by Crippen LogP contribution is 2.29. The molecule has 2 heterocycles. The van der Waals surface area contributed by atoms with Crippen molar-refractivity contribution in [2.45, 2.75) is 37.2 Å². The van der Waals surface area contributed by atoms with Crippen molar-refractivity contribution in [3.8, 4) is 0 Å². The van der Waals surface area contributed by atoms with Gasteiger partial charge in [-0.25, -0.2) is 0 Å². The summed E-state index contributed by atoms with van der Waals surface area (Å²) >= 11 is 6.35. The molecule has 2 amide bonds. The van der Waals surface area contributed by atoms with Crippen molar-refractivity contribution >= 4 is 34.8 Å². The monoisotopic (exact) mass is 441 g/mol. The number of alkyl halides is 1. The number of hydrogen-bond acceptors (Lipinski definition) is 4. The molecule has 2 N–H and O–H groups in total. The predicted molar refractivity (Wildman–Crippen MR) is 123 cm³/mol. The van der Waals surface area contributed by atoms with Crippen LogP contribution in [0.5, 0.6) is 0 Å². The number of benzene rings is 2. The minimum absolute atomic E-state index is 0.0740. The largest absolute Gasteiger partial charge is 0.376 e. The molecule has 2 aromatic carbocycles. The zero-order chi connectivity index (χ0) is 21.6. The standard InChI is InChI=1S/C24H28ClN3O3/c25-22(17-7-2-1-3-8-17)24(30)27-18-10-11-21(28-12-4-5-13-28)20(15-18)23(29)26-16-19-9-6-14-31-19/h1-3,7-8,10-11,15,19,22H,4-6,9,12-14,16H2,(H,26,29)(H,27,30)/t19-,22-/m1/s1. The number of rotatable bonds is 7. The van der Waals surface area contributed by atoms with Gasteiger partial charge in [-0.1, -0.05) is 30.3 Å². The Bertz CT molecular complexity index is 910. The number of hydrogen-bond donors (Lipinski definition) is 2. The summed E-state index contributed by atoms with van der Waals surface area (Å²) in [6, 6.07) is 14.7. The number of anilines is 2. The van der Waals surface area contributed by atoms with Crippen molar-refractivity contribution in [3.05, 3.63) is 59.7 Å². The molecule has 0 aliphatic carbocycles. The first-order valence-electron chi connectivity index (χ1n) is 10.9. The third-order valence-corrected chi connectivity index (χ3v) is 6.24. The Balaban J connectivity index is 1.51. The van der Waals surface area contributed by atoms with Gasteiger partial charge >= 0.3 is 0 Å². The maximum Gasteiger partial charge on any atom is 0.253 e. The van der Waals surface area contributed by atoms with Crippen molar-refractivity contribution in [1.29, 1.82) is 0 Å².